The van der Waals surface area contributed by atoms with E-state index in [1.807, 2.05) is 62.4 Å². The van der Waals surface area contributed by atoms with Gasteiger partial charge >= 0.3 is 0 Å². The maximum absolute atomic E-state index is 13.9. The fourth-order valence-corrected chi connectivity index (χ4v) is 6.08. The van der Waals surface area contributed by atoms with E-state index in [2.05, 4.69) is 10.3 Å². The molecule has 3 heterocycles. The molecule has 0 radical (unpaired) electrons. The molecule has 1 aromatic carbocycles. The van der Waals surface area contributed by atoms with Gasteiger partial charge in [-0.1, -0.05) is 45.0 Å². The number of rotatable bonds is 7. The molecule has 2 fully saturated rings. The average Bonchev–Trinajstić information content (AvgIpc) is 3.47. The van der Waals surface area contributed by atoms with Gasteiger partial charge in [0.25, 0.3) is 0 Å². The summed E-state index contributed by atoms with van der Waals surface area (Å²) in [6, 6.07) is 6.54. The summed E-state index contributed by atoms with van der Waals surface area (Å²) >= 11 is 1.59. The summed E-state index contributed by atoms with van der Waals surface area (Å²) in [6.07, 6.45) is -1.42. The number of aliphatic hydroxyl groups is 1. The number of nitrogens with one attached hydrogen (secondary N) is 1. The summed E-state index contributed by atoms with van der Waals surface area (Å²) in [6.45, 7) is 9.15. The molecular formula is C27H37N5O5S. The van der Waals surface area contributed by atoms with E-state index in [1.54, 1.807) is 11.3 Å². The summed E-state index contributed by atoms with van der Waals surface area (Å²) < 4.78 is 5.47. The molecule has 4 rings (SSSR count). The minimum Gasteiger partial charge on any atom is -0.391 e. The summed E-state index contributed by atoms with van der Waals surface area (Å²) in [5, 5.41) is 13.4. The van der Waals surface area contributed by atoms with E-state index in [4.69, 9.17) is 10.5 Å². The zero-order valence-corrected chi connectivity index (χ0v) is 23.2. The quantitative estimate of drug-likeness (QED) is 0.479. The SMILES string of the molecule is Cc1ncsc1-c1ccc(CNC(=O)[C@@H]2C[C@@H](O)CN2C(=O)[C@@H](N2CCOC(C(N)=O)C2)C(C)(C)C)cc1. The first-order valence-electron chi connectivity index (χ1n) is 12.9. The topological polar surface area (TPSA) is 138 Å². The Bertz CT molecular complexity index is 1160. The van der Waals surface area contributed by atoms with Crippen molar-refractivity contribution in [2.24, 2.45) is 11.1 Å². The van der Waals surface area contributed by atoms with Gasteiger partial charge in [0.05, 0.1) is 34.8 Å². The van der Waals surface area contributed by atoms with Crippen molar-refractivity contribution >= 4 is 29.1 Å². The minimum atomic E-state index is -0.795. The Labute approximate surface area is 227 Å². The van der Waals surface area contributed by atoms with Crippen LogP contribution in [0.4, 0.5) is 0 Å². The molecule has 10 nitrogen and oxygen atoms in total. The first-order valence-corrected chi connectivity index (χ1v) is 13.7. The van der Waals surface area contributed by atoms with Crippen LogP contribution in [0.5, 0.6) is 0 Å². The number of morpholine rings is 1. The number of carbonyl (C=O) groups is 3. The molecule has 2 aliphatic heterocycles. The number of primary amides is 1. The van der Waals surface area contributed by atoms with Crippen molar-refractivity contribution in [3.63, 3.8) is 0 Å². The Morgan fingerprint density at radius 2 is 1.95 bits per heavy atom. The number of nitrogens with two attached hydrogens (primary N) is 1. The van der Waals surface area contributed by atoms with Gasteiger partial charge in [-0.15, -0.1) is 11.3 Å². The van der Waals surface area contributed by atoms with E-state index in [0.717, 1.165) is 21.7 Å². The minimum absolute atomic E-state index is 0.0794. The molecule has 4 N–H and O–H groups in total. The first-order chi connectivity index (χ1) is 18.0. The molecule has 0 aliphatic carbocycles. The van der Waals surface area contributed by atoms with Crippen molar-refractivity contribution in [1.29, 1.82) is 0 Å². The monoisotopic (exact) mass is 543 g/mol. The highest BCUT2D eigenvalue weighted by atomic mass is 32.1. The van der Waals surface area contributed by atoms with E-state index >= 15 is 0 Å². The fourth-order valence-electron chi connectivity index (χ4n) is 5.27. The van der Waals surface area contributed by atoms with Crippen LogP contribution in [0, 0.1) is 12.3 Å². The number of hydrogen-bond acceptors (Lipinski definition) is 8. The summed E-state index contributed by atoms with van der Waals surface area (Å²) in [4.78, 5) is 47.7. The molecule has 2 saturated heterocycles. The van der Waals surface area contributed by atoms with Crippen LogP contribution >= 0.6 is 11.3 Å². The molecule has 1 unspecified atom stereocenters. The van der Waals surface area contributed by atoms with Crippen LogP contribution in [0.1, 0.15) is 38.4 Å². The first kappa shape index (κ1) is 28.2. The van der Waals surface area contributed by atoms with Crippen molar-refractivity contribution in [3.05, 3.63) is 41.0 Å². The highest BCUT2D eigenvalue weighted by Crippen LogP contribution is 2.31. The number of thiazole rings is 1. The number of amides is 3. The van der Waals surface area contributed by atoms with E-state index in [9.17, 15) is 19.5 Å². The Morgan fingerprint density at radius 3 is 2.55 bits per heavy atom. The number of aryl methyl sites for hydroxylation is 1. The van der Waals surface area contributed by atoms with Gasteiger partial charge in [-0.2, -0.15) is 0 Å². The maximum atomic E-state index is 13.9. The number of likely N-dealkylation sites (tertiary alicyclic amines) is 1. The predicted molar refractivity (Wildman–Crippen MR) is 144 cm³/mol. The van der Waals surface area contributed by atoms with E-state index < -0.39 is 35.6 Å². The molecular weight excluding hydrogens is 506 g/mol. The van der Waals surface area contributed by atoms with Gasteiger partial charge in [-0.3, -0.25) is 19.3 Å². The summed E-state index contributed by atoms with van der Waals surface area (Å²) in [5.74, 6) is -1.12. The number of ether oxygens (including phenoxy) is 1. The number of β-amino-alcohol motifs (C(OH)–C–C–N with tert-alkyl or cyclic N) is 1. The third-order valence-corrected chi connectivity index (χ3v) is 8.11. The Morgan fingerprint density at radius 1 is 1.24 bits per heavy atom. The standard InChI is InChI=1S/C27H37N5O5S/c1-16-22(38-15-30-16)18-7-5-17(6-8-18)12-29-25(35)20-11-19(33)13-32(20)26(36)23(27(2,3)4)31-9-10-37-21(14-31)24(28)34/h5-8,15,19-21,23,33H,9-14H2,1-4H3,(H2,28,34)(H,29,35)/t19-,20+,21?,23-/m1/s1. The molecule has 2 aliphatic rings. The van der Waals surface area contributed by atoms with Crippen LogP contribution in [0.15, 0.2) is 29.8 Å². The van der Waals surface area contributed by atoms with Gasteiger partial charge < -0.3 is 25.8 Å². The molecule has 3 amide bonds. The molecule has 4 atom stereocenters. The van der Waals surface area contributed by atoms with Crippen molar-refractivity contribution in [3.8, 4) is 10.4 Å². The van der Waals surface area contributed by atoms with Gasteiger partial charge in [0.15, 0.2) is 0 Å². The second-order valence-corrected chi connectivity index (χ2v) is 12.0. The van der Waals surface area contributed by atoms with Crippen molar-refractivity contribution < 1.29 is 24.2 Å². The van der Waals surface area contributed by atoms with Crippen LogP contribution in [0.25, 0.3) is 10.4 Å². The molecule has 206 valence electrons. The number of benzene rings is 1. The maximum Gasteiger partial charge on any atom is 0.247 e. The lowest BCUT2D eigenvalue weighted by Crippen LogP contribution is -2.61. The van der Waals surface area contributed by atoms with Gasteiger partial charge in [0.2, 0.25) is 17.7 Å². The number of nitrogens with zero attached hydrogens (tertiary/aromatic N) is 3. The Kier molecular flexibility index (Phi) is 8.51. The van der Waals surface area contributed by atoms with Crippen molar-refractivity contribution in [1.82, 2.24) is 20.1 Å². The third-order valence-electron chi connectivity index (χ3n) is 7.13. The zero-order valence-electron chi connectivity index (χ0n) is 22.3. The largest absolute Gasteiger partial charge is 0.391 e. The summed E-state index contributed by atoms with van der Waals surface area (Å²) in [7, 11) is 0. The van der Waals surface area contributed by atoms with Crippen LogP contribution in [-0.2, 0) is 25.7 Å². The van der Waals surface area contributed by atoms with Gasteiger partial charge in [-0.05, 0) is 23.5 Å². The van der Waals surface area contributed by atoms with Gasteiger partial charge in [0.1, 0.15) is 12.1 Å². The molecule has 0 saturated carbocycles. The Balaban J connectivity index is 1.44. The van der Waals surface area contributed by atoms with Gasteiger partial charge in [-0.25, -0.2) is 4.98 Å². The second-order valence-electron chi connectivity index (χ2n) is 11.1. The van der Waals surface area contributed by atoms with Crippen molar-refractivity contribution in [2.45, 2.75) is 65.0 Å². The fraction of sp³-hybridized carbons (Fsp3) is 0.556. The molecule has 0 bridgehead atoms. The lowest BCUT2D eigenvalue weighted by molar-refractivity contribution is -0.153. The number of aliphatic hydroxyl groups excluding tert-OH is 1. The lowest BCUT2D eigenvalue weighted by atomic mass is 9.84. The number of hydrogen-bond donors (Lipinski definition) is 3. The van der Waals surface area contributed by atoms with Gasteiger partial charge in [0, 0.05) is 32.6 Å². The van der Waals surface area contributed by atoms with Crippen LogP contribution < -0.4 is 11.1 Å². The van der Waals surface area contributed by atoms with Crippen LogP contribution in [0.3, 0.4) is 0 Å². The zero-order chi connectivity index (χ0) is 27.6. The summed E-state index contributed by atoms with van der Waals surface area (Å²) in [5.41, 5.74) is 9.77. The highest BCUT2D eigenvalue weighted by Gasteiger charge is 2.47. The second kappa shape index (κ2) is 11.5. The number of aromatic nitrogens is 1. The van der Waals surface area contributed by atoms with E-state index in [-0.39, 0.29) is 37.9 Å². The number of carbonyl (C=O) groups excluding carboxylic acids is 3. The normalized spacial score (nSPS) is 23.3. The van der Waals surface area contributed by atoms with Crippen LogP contribution in [-0.4, -0.2) is 88.1 Å². The molecule has 0 spiro atoms. The smallest absolute Gasteiger partial charge is 0.247 e. The third kappa shape index (κ3) is 6.23. The molecule has 1 aromatic heterocycles. The molecule has 38 heavy (non-hydrogen) atoms. The van der Waals surface area contributed by atoms with E-state index in [0.29, 0.717) is 13.1 Å². The van der Waals surface area contributed by atoms with E-state index in [1.165, 1.54) is 4.90 Å². The van der Waals surface area contributed by atoms with Crippen LogP contribution in [0.2, 0.25) is 0 Å². The Hall–Kier alpha value is -2.86. The van der Waals surface area contributed by atoms with Crippen molar-refractivity contribution in [2.75, 3.05) is 26.2 Å². The highest BCUT2D eigenvalue weighted by molar-refractivity contribution is 7.13. The lowest BCUT2D eigenvalue weighted by Gasteiger charge is -2.44. The molecule has 11 heteroatoms. The average molecular weight is 544 g/mol. The molecule has 2 aromatic rings. The predicted octanol–water partition coefficient (Wildman–Crippen LogP) is 1.30.